The monoisotopic (exact) mass is 306 g/mol. The Balaban J connectivity index is 1.61. The van der Waals surface area contributed by atoms with E-state index in [0.717, 1.165) is 30.9 Å². The van der Waals surface area contributed by atoms with E-state index in [0.29, 0.717) is 6.61 Å². The molecule has 0 aromatic heterocycles. The predicted octanol–water partition coefficient (Wildman–Crippen LogP) is 0.0991. The average molecular weight is 306 g/mol. The number of rotatable bonds is 5. The lowest BCUT2D eigenvalue weighted by Crippen LogP contribution is -2.51. The summed E-state index contributed by atoms with van der Waals surface area (Å²) in [5.74, 6) is 0.828. The van der Waals surface area contributed by atoms with E-state index in [1.54, 1.807) is 0 Å². The van der Waals surface area contributed by atoms with E-state index in [4.69, 9.17) is 14.6 Å². The highest BCUT2D eigenvalue weighted by Gasteiger charge is 2.41. The fourth-order valence-corrected chi connectivity index (χ4v) is 3.12. The van der Waals surface area contributed by atoms with Crippen LogP contribution in [0.25, 0.3) is 0 Å². The number of amides is 1. The number of hydrogen-bond acceptors (Lipinski definition) is 5. The maximum absolute atomic E-state index is 11.7. The summed E-state index contributed by atoms with van der Waals surface area (Å²) < 4.78 is 11.1. The minimum Gasteiger partial charge on any atom is -0.491 e. The first-order valence-electron chi connectivity index (χ1n) is 7.59. The van der Waals surface area contributed by atoms with Crippen LogP contribution in [-0.4, -0.2) is 72.9 Å². The van der Waals surface area contributed by atoms with Gasteiger partial charge in [0.25, 0.3) is 0 Å². The van der Waals surface area contributed by atoms with Crippen molar-refractivity contribution in [3.8, 4) is 5.75 Å². The van der Waals surface area contributed by atoms with Crippen LogP contribution in [-0.2, 0) is 16.1 Å². The Morgan fingerprint density at radius 3 is 3.09 bits per heavy atom. The van der Waals surface area contributed by atoms with Gasteiger partial charge in [-0.15, -0.1) is 0 Å². The zero-order valence-electron chi connectivity index (χ0n) is 12.8. The number of aliphatic hydroxyl groups excluding tert-OH is 1. The molecule has 0 radical (unpaired) electrons. The number of nitrogens with zero attached hydrogens (tertiary/aromatic N) is 2. The number of likely N-dealkylation sites (tertiary alicyclic amines) is 1. The Hall–Kier alpha value is -1.63. The number of carbonyl (C=O) groups is 1. The molecule has 0 aliphatic carbocycles. The number of ether oxygens (including phenoxy) is 2. The summed E-state index contributed by atoms with van der Waals surface area (Å²) in [7, 11) is 1.86. The minimum atomic E-state index is 0.0113. The Morgan fingerprint density at radius 2 is 2.27 bits per heavy atom. The third-order valence-electron chi connectivity index (χ3n) is 4.29. The van der Waals surface area contributed by atoms with Crippen LogP contribution >= 0.6 is 0 Å². The quantitative estimate of drug-likeness (QED) is 0.836. The molecule has 2 fully saturated rings. The Kier molecular flexibility index (Phi) is 4.61. The van der Waals surface area contributed by atoms with Gasteiger partial charge in [-0.1, -0.05) is 12.1 Å². The molecule has 120 valence electrons. The Morgan fingerprint density at radius 1 is 1.41 bits per heavy atom. The second kappa shape index (κ2) is 6.64. The van der Waals surface area contributed by atoms with Crippen LogP contribution in [0.2, 0.25) is 0 Å². The number of benzene rings is 1. The molecular weight excluding hydrogens is 284 g/mol. The normalized spacial score (nSPS) is 25.4. The highest BCUT2D eigenvalue weighted by atomic mass is 16.5. The first kappa shape index (κ1) is 15.3. The van der Waals surface area contributed by atoms with E-state index in [-0.39, 0.29) is 31.3 Å². The molecule has 1 aromatic carbocycles. The van der Waals surface area contributed by atoms with Crippen molar-refractivity contribution >= 4 is 5.91 Å². The van der Waals surface area contributed by atoms with Crippen LogP contribution < -0.4 is 4.74 Å². The van der Waals surface area contributed by atoms with Crippen molar-refractivity contribution in [2.45, 2.75) is 18.7 Å². The van der Waals surface area contributed by atoms with Gasteiger partial charge in [0.1, 0.15) is 19.0 Å². The third kappa shape index (κ3) is 3.24. The molecule has 0 bridgehead atoms. The summed E-state index contributed by atoms with van der Waals surface area (Å²) in [6.45, 7) is 2.97. The van der Waals surface area contributed by atoms with Crippen LogP contribution in [0.3, 0.4) is 0 Å². The minimum absolute atomic E-state index is 0.0113. The molecule has 0 unspecified atom stereocenters. The van der Waals surface area contributed by atoms with Gasteiger partial charge in [-0.2, -0.15) is 0 Å². The van der Waals surface area contributed by atoms with Gasteiger partial charge in [0, 0.05) is 26.7 Å². The van der Waals surface area contributed by atoms with Crippen molar-refractivity contribution in [2.24, 2.45) is 0 Å². The molecule has 2 aliphatic rings. The van der Waals surface area contributed by atoms with Crippen LogP contribution in [0, 0.1) is 0 Å². The maximum atomic E-state index is 11.7. The summed E-state index contributed by atoms with van der Waals surface area (Å²) in [6.07, 6.45) is 0.108. The number of carbonyl (C=O) groups excluding carboxylic acids is 1. The molecular formula is C16H22N2O4. The van der Waals surface area contributed by atoms with Gasteiger partial charge in [-0.25, -0.2) is 0 Å². The number of likely N-dealkylation sites (N-methyl/N-ethyl adjacent to an activating group) is 1. The Labute approximate surface area is 130 Å². The number of hydrogen-bond donors (Lipinski definition) is 1. The molecule has 0 spiro atoms. The average Bonchev–Trinajstić information content (AvgIpc) is 2.93. The first-order chi connectivity index (χ1) is 10.7. The number of aliphatic hydroxyl groups is 1. The van der Waals surface area contributed by atoms with E-state index >= 15 is 0 Å². The predicted molar refractivity (Wildman–Crippen MR) is 80.6 cm³/mol. The fraction of sp³-hybridized carbons (Fsp3) is 0.562. The third-order valence-corrected chi connectivity index (χ3v) is 4.29. The molecule has 6 nitrogen and oxygen atoms in total. The van der Waals surface area contributed by atoms with Gasteiger partial charge >= 0.3 is 0 Å². The van der Waals surface area contributed by atoms with Gasteiger partial charge in [0.05, 0.1) is 18.8 Å². The van der Waals surface area contributed by atoms with Crippen molar-refractivity contribution in [2.75, 3.05) is 40.0 Å². The molecule has 1 amide bonds. The number of morpholine rings is 1. The largest absolute Gasteiger partial charge is 0.491 e. The lowest BCUT2D eigenvalue weighted by atomic mass is 10.1. The lowest BCUT2D eigenvalue weighted by molar-refractivity contribution is -0.150. The van der Waals surface area contributed by atoms with Gasteiger partial charge < -0.3 is 19.5 Å². The summed E-state index contributed by atoms with van der Waals surface area (Å²) in [5, 5.41) is 8.81. The van der Waals surface area contributed by atoms with Crippen LogP contribution in [0.5, 0.6) is 5.75 Å². The van der Waals surface area contributed by atoms with E-state index < -0.39 is 0 Å². The maximum Gasteiger partial charge on any atom is 0.248 e. The standard InChI is InChI=1S/C16H22N2O4/c1-17-14-9-18(10-15(14)22-11-16(17)20)8-12-3-2-4-13(7-12)21-6-5-19/h2-4,7,14-15,19H,5-6,8-11H2,1H3/t14-,15-/m0/s1. The SMILES string of the molecule is CN1C(=O)CO[C@H]2CN(Cc3cccc(OCCO)c3)C[C@@H]21. The Bertz CT molecular complexity index is 537. The molecule has 3 rings (SSSR count). The molecule has 0 saturated carbocycles. The highest BCUT2D eigenvalue weighted by molar-refractivity contribution is 5.78. The van der Waals surface area contributed by atoms with Gasteiger partial charge in [0.2, 0.25) is 5.91 Å². The number of fused-ring (bicyclic) bond motifs is 1. The molecule has 1 N–H and O–H groups in total. The molecule has 2 aliphatic heterocycles. The van der Waals surface area contributed by atoms with E-state index in [9.17, 15) is 4.79 Å². The van der Waals surface area contributed by atoms with Gasteiger partial charge in [0.15, 0.2) is 0 Å². The summed E-state index contributed by atoms with van der Waals surface area (Å²) in [4.78, 5) is 15.8. The van der Waals surface area contributed by atoms with E-state index in [1.165, 1.54) is 0 Å². The topological polar surface area (TPSA) is 62.2 Å². The van der Waals surface area contributed by atoms with Crippen LogP contribution in [0.1, 0.15) is 5.56 Å². The summed E-state index contributed by atoms with van der Waals surface area (Å²) in [6, 6.07) is 8.04. The molecule has 22 heavy (non-hydrogen) atoms. The van der Waals surface area contributed by atoms with Gasteiger partial charge in [-0.3, -0.25) is 9.69 Å². The van der Waals surface area contributed by atoms with Crippen LogP contribution in [0.4, 0.5) is 0 Å². The highest BCUT2D eigenvalue weighted by Crippen LogP contribution is 2.24. The van der Waals surface area contributed by atoms with E-state index in [1.807, 2.05) is 30.1 Å². The van der Waals surface area contributed by atoms with Crippen molar-refractivity contribution in [1.29, 1.82) is 0 Å². The van der Waals surface area contributed by atoms with E-state index in [2.05, 4.69) is 11.0 Å². The van der Waals surface area contributed by atoms with Crippen LogP contribution in [0.15, 0.2) is 24.3 Å². The molecule has 2 heterocycles. The molecule has 1 aromatic rings. The summed E-state index contributed by atoms with van der Waals surface area (Å²) in [5.41, 5.74) is 1.16. The molecule has 2 atom stereocenters. The zero-order chi connectivity index (χ0) is 15.5. The second-order valence-corrected chi connectivity index (χ2v) is 5.84. The molecule has 6 heteroatoms. The zero-order valence-corrected chi connectivity index (χ0v) is 12.8. The van der Waals surface area contributed by atoms with Crippen molar-refractivity contribution in [1.82, 2.24) is 9.80 Å². The smallest absolute Gasteiger partial charge is 0.248 e. The van der Waals surface area contributed by atoms with Crippen molar-refractivity contribution in [3.05, 3.63) is 29.8 Å². The van der Waals surface area contributed by atoms with Crippen molar-refractivity contribution in [3.63, 3.8) is 0 Å². The summed E-state index contributed by atoms with van der Waals surface area (Å²) >= 11 is 0. The lowest BCUT2D eigenvalue weighted by Gasteiger charge is -2.33. The fourth-order valence-electron chi connectivity index (χ4n) is 3.12. The van der Waals surface area contributed by atoms with Crippen molar-refractivity contribution < 1.29 is 19.4 Å². The first-order valence-corrected chi connectivity index (χ1v) is 7.59. The molecule has 2 saturated heterocycles. The second-order valence-electron chi connectivity index (χ2n) is 5.84. The van der Waals surface area contributed by atoms with Gasteiger partial charge in [-0.05, 0) is 17.7 Å².